The molecular formula is C8H13BrN2S. The summed E-state index contributed by atoms with van der Waals surface area (Å²) in [5.74, 6) is 0. The van der Waals surface area contributed by atoms with E-state index in [0.717, 1.165) is 11.0 Å². The van der Waals surface area contributed by atoms with Gasteiger partial charge in [-0.3, -0.25) is 0 Å². The van der Waals surface area contributed by atoms with Crippen LogP contribution < -0.4 is 11.1 Å². The number of thiophene rings is 1. The van der Waals surface area contributed by atoms with Crippen LogP contribution in [0.4, 0.5) is 0 Å². The van der Waals surface area contributed by atoms with E-state index in [-0.39, 0.29) is 0 Å². The van der Waals surface area contributed by atoms with Crippen LogP contribution in [0.3, 0.4) is 0 Å². The summed E-state index contributed by atoms with van der Waals surface area (Å²) in [5, 5.41) is 5.41. The van der Waals surface area contributed by atoms with Crippen molar-refractivity contribution >= 4 is 27.3 Å². The third-order valence-corrected chi connectivity index (χ3v) is 3.30. The van der Waals surface area contributed by atoms with Crippen molar-refractivity contribution < 1.29 is 0 Å². The Morgan fingerprint density at radius 1 is 1.75 bits per heavy atom. The largest absolute Gasteiger partial charge is 0.329 e. The molecule has 0 amide bonds. The summed E-state index contributed by atoms with van der Waals surface area (Å²) in [7, 11) is 0. The molecule has 2 nitrogen and oxygen atoms in total. The molecule has 1 rings (SSSR count). The van der Waals surface area contributed by atoms with Gasteiger partial charge in [0, 0.05) is 33.9 Å². The summed E-state index contributed by atoms with van der Waals surface area (Å²) in [6.45, 7) is 3.68. The van der Waals surface area contributed by atoms with Crippen molar-refractivity contribution in [1.29, 1.82) is 0 Å². The normalized spacial score (nSPS) is 13.2. The standard InChI is InChI=1S/C8H13BrN2S/c1-6(3-10)11-4-8-2-7(9)5-12-8/h2,5-6,11H,3-4,10H2,1H3. The summed E-state index contributed by atoms with van der Waals surface area (Å²) in [6.07, 6.45) is 0. The number of rotatable bonds is 4. The minimum Gasteiger partial charge on any atom is -0.329 e. The van der Waals surface area contributed by atoms with Gasteiger partial charge < -0.3 is 11.1 Å². The van der Waals surface area contributed by atoms with Crippen molar-refractivity contribution in [3.8, 4) is 0 Å². The molecule has 0 fully saturated rings. The predicted molar refractivity (Wildman–Crippen MR) is 57.4 cm³/mol. The van der Waals surface area contributed by atoms with E-state index in [2.05, 4.69) is 39.6 Å². The van der Waals surface area contributed by atoms with Gasteiger partial charge in [0.25, 0.3) is 0 Å². The smallest absolute Gasteiger partial charge is 0.0303 e. The van der Waals surface area contributed by atoms with E-state index in [4.69, 9.17) is 5.73 Å². The van der Waals surface area contributed by atoms with Crippen LogP contribution in [0.5, 0.6) is 0 Å². The predicted octanol–water partition coefficient (Wildman–Crippen LogP) is 1.95. The van der Waals surface area contributed by atoms with Crippen LogP contribution in [-0.4, -0.2) is 12.6 Å². The van der Waals surface area contributed by atoms with Crippen LogP contribution in [0.25, 0.3) is 0 Å². The van der Waals surface area contributed by atoms with Crippen molar-refractivity contribution in [1.82, 2.24) is 5.32 Å². The Hall–Kier alpha value is 0.1000. The summed E-state index contributed by atoms with van der Waals surface area (Å²) in [6, 6.07) is 2.52. The lowest BCUT2D eigenvalue weighted by Crippen LogP contribution is -2.32. The first-order valence-corrected chi connectivity index (χ1v) is 5.56. The summed E-state index contributed by atoms with van der Waals surface area (Å²) in [4.78, 5) is 1.34. The van der Waals surface area contributed by atoms with E-state index in [1.54, 1.807) is 11.3 Å². The number of nitrogens with one attached hydrogen (secondary N) is 1. The maximum Gasteiger partial charge on any atom is 0.0303 e. The summed E-state index contributed by atoms with van der Waals surface area (Å²) < 4.78 is 1.16. The zero-order chi connectivity index (χ0) is 8.97. The molecule has 0 radical (unpaired) electrons. The van der Waals surface area contributed by atoms with Crippen molar-refractivity contribution in [2.75, 3.05) is 6.54 Å². The van der Waals surface area contributed by atoms with Gasteiger partial charge in [0.05, 0.1) is 0 Å². The maximum atomic E-state index is 5.47. The van der Waals surface area contributed by atoms with Crippen LogP contribution in [0.15, 0.2) is 15.9 Å². The fourth-order valence-corrected chi connectivity index (χ4v) is 2.21. The highest BCUT2D eigenvalue weighted by molar-refractivity contribution is 9.10. The lowest BCUT2D eigenvalue weighted by Gasteiger charge is -2.08. The number of nitrogens with two attached hydrogens (primary N) is 1. The quantitative estimate of drug-likeness (QED) is 0.855. The lowest BCUT2D eigenvalue weighted by molar-refractivity contribution is 0.560. The highest BCUT2D eigenvalue weighted by atomic mass is 79.9. The van der Waals surface area contributed by atoms with Gasteiger partial charge >= 0.3 is 0 Å². The SMILES string of the molecule is CC(CN)NCc1cc(Br)cs1. The third-order valence-electron chi connectivity index (χ3n) is 1.60. The molecule has 0 spiro atoms. The van der Waals surface area contributed by atoms with Gasteiger partial charge in [-0.1, -0.05) is 0 Å². The first-order valence-electron chi connectivity index (χ1n) is 3.88. The Morgan fingerprint density at radius 3 is 3.00 bits per heavy atom. The van der Waals surface area contributed by atoms with Crippen molar-refractivity contribution in [2.45, 2.75) is 19.5 Å². The number of hydrogen-bond donors (Lipinski definition) is 2. The third kappa shape index (κ3) is 3.23. The molecule has 0 aliphatic carbocycles. The monoisotopic (exact) mass is 248 g/mol. The van der Waals surface area contributed by atoms with Crippen LogP contribution in [0.1, 0.15) is 11.8 Å². The van der Waals surface area contributed by atoms with Gasteiger partial charge in [0.1, 0.15) is 0 Å². The van der Waals surface area contributed by atoms with E-state index in [0.29, 0.717) is 12.6 Å². The van der Waals surface area contributed by atoms with E-state index in [1.807, 2.05) is 0 Å². The van der Waals surface area contributed by atoms with Crippen LogP contribution in [-0.2, 0) is 6.54 Å². The number of hydrogen-bond acceptors (Lipinski definition) is 3. The van der Waals surface area contributed by atoms with Crippen molar-refractivity contribution in [3.63, 3.8) is 0 Å². The topological polar surface area (TPSA) is 38.0 Å². The molecular weight excluding hydrogens is 236 g/mol. The molecule has 0 bridgehead atoms. The second kappa shape index (κ2) is 4.97. The zero-order valence-corrected chi connectivity index (χ0v) is 9.41. The zero-order valence-electron chi connectivity index (χ0n) is 7.01. The molecule has 1 aromatic heterocycles. The maximum absolute atomic E-state index is 5.47. The Balaban J connectivity index is 2.33. The van der Waals surface area contributed by atoms with E-state index in [1.165, 1.54) is 4.88 Å². The minimum atomic E-state index is 0.394. The second-order valence-electron chi connectivity index (χ2n) is 2.75. The lowest BCUT2D eigenvalue weighted by atomic mass is 10.3. The second-order valence-corrected chi connectivity index (χ2v) is 4.66. The van der Waals surface area contributed by atoms with E-state index >= 15 is 0 Å². The molecule has 12 heavy (non-hydrogen) atoms. The van der Waals surface area contributed by atoms with Gasteiger partial charge in [0.15, 0.2) is 0 Å². The van der Waals surface area contributed by atoms with Gasteiger partial charge in [-0.25, -0.2) is 0 Å². The van der Waals surface area contributed by atoms with Gasteiger partial charge in [-0.05, 0) is 28.9 Å². The summed E-state index contributed by atoms with van der Waals surface area (Å²) in [5.41, 5.74) is 5.47. The number of halogens is 1. The molecule has 0 saturated carbocycles. The molecule has 4 heteroatoms. The highest BCUT2D eigenvalue weighted by Crippen LogP contribution is 2.19. The molecule has 0 aromatic carbocycles. The van der Waals surface area contributed by atoms with Crippen LogP contribution in [0, 0.1) is 0 Å². The first kappa shape index (κ1) is 10.2. The molecule has 1 unspecified atom stereocenters. The fourth-order valence-electron chi connectivity index (χ4n) is 0.805. The summed E-state index contributed by atoms with van der Waals surface area (Å²) >= 11 is 5.17. The minimum absolute atomic E-state index is 0.394. The molecule has 68 valence electrons. The molecule has 0 saturated heterocycles. The average Bonchev–Trinajstić information content (AvgIpc) is 2.47. The van der Waals surface area contributed by atoms with Gasteiger partial charge in [0.2, 0.25) is 0 Å². The van der Waals surface area contributed by atoms with Crippen molar-refractivity contribution in [3.05, 3.63) is 20.8 Å². The van der Waals surface area contributed by atoms with Crippen LogP contribution in [0.2, 0.25) is 0 Å². The molecule has 1 atom stereocenters. The molecule has 3 N–H and O–H groups in total. The van der Waals surface area contributed by atoms with Gasteiger partial charge in [-0.15, -0.1) is 11.3 Å². The van der Waals surface area contributed by atoms with E-state index in [9.17, 15) is 0 Å². The Morgan fingerprint density at radius 2 is 2.50 bits per heavy atom. The molecule has 0 aliphatic rings. The Labute approximate surface area is 85.3 Å². The van der Waals surface area contributed by atoms with Gasteiger partial charge in [-0.2, -0.15) is 0 Å². The molecule has 1 aromatic rings. The Kier molecular flexibility index (Phi) is 4.21. The van der Waals surface area contributed by atoms with Crippen molar-refractivity contribution in [2.24, 2.45) is 5.73 Å². The van der Waals surface area contributed by atoms with Crippen LogP contribution >= 0.6 is 27.3 Å². The molecule has 0 aliphatic heterocycles. The fraction of sp³-hybridized carbons (Fsp3) is 0.500. The molecule has 1 heterocycles. The van der Waals surface area contributed by atoms with E-state index < -0.39 is 0 Å². The Bertz CT molecular complexity index is 237. The first-order chi connectivity index (χ1) is 5.72. The highest BCUT2D eigenvalue weighted by Gasteiger charge is 2.00. The average molecular weight is 249 g/mol.